The standard InChI is InChI=1S/C9H12INO3S/c1-15(13,14)9(10)8(12)6-3-2-4-7(11)5-6/h2-5,8-9,12H,11H2,1H3/t8-,9+/m0/s1. The highest BCUT2D eigenvalue weighted by Crippen LogP contribution is 2.27. The van der Waals surface area contributed by atoms with Crippen LogP contribution in [0.2, 0.25) is 0 Å². The Bertz CT molecular complexity index is 446. The molecule has 84 valence electrons. The van der Waals surface area contributed by atoms with Crippen molar-refractivity contribution in [1.82, 2.24) is 0 Å². The summed E-state index contributed by atoms with van der Waals surface area (Å²) in [6.45, 7) is 0. The van der Waals surface area contributed by atoms with Crippen LogP contribution in [0.3, 0.4) is 0 Å². The fourth-order valence-corrected chi connectivity index (χ4v) is 2.17. The molecule has 0 saturated heterocycles. The first kappa shape index (κ1) is 12.7. The minimum Gasteiger partial charge on any atom is -0.399 e. The maximum atomic E-state index is 11.2. The van der Waals surface area contributed by atoms with Crippen molar-refractivity contribution in [3.63, 3.8) is 0 Å². The van der Waals surface area contributed by atoms with E-state index in [2.05, 4.69) is 0 Å². The summed E-state index contributed by atoms with van der Waals surface area (Å²) in [6.07, 6.45) is 0.0451. The van der Waals surface area contributed by atoms with Gasteiger partial charge in [0.15, 0.2) is 9.84 Å². The van der Waals surface area contributed by atoms with Crippen LogP contribution in [0.1, 0.15) is 11.7 Å². The Morgan fingerprint density at radius 1 is 1.47 bits per heavy atom. The van der Waals surface area contributed by atoms with Crippen LogP contribution in [0.25, 0.3) is 0 Å². The largest absolute Gasteiger partial charge is 0.399 e. The summed E-state index contributed by atoms with van der Waals surface area (Å²) in [7, 11) is -3.27. The predicted molar refractivity (Wildman–Crippen MR) is 68.5 cm³/mol. The first-order chi connectivity index (χ1) is 6.82. The SMILES string of the molecule is CS(=O)(=O)[C@@H](I)[C@@H](O)c1cccc(N)c1. The maximum absolute atomic E-state index is 11.2. The van der Waals surface area contributed by atoms with Crippen LogP contribution in [0.4, 0.5) is 5.69 Å². The van der Waals surface area contributed by atoms with Crippen molar-refractivity contribution in [2.45, 2.75) is 9.36 Å². The molecule has 2 atom stereocenters. The molecule has 0 aliphatic rings. The van der Waals surface area contributed by atoms with Crippen molar-refractivity contribution < 1.29 is 13.5 Å². The molecule has 4 nitrogen and oxygen atoms in total. The Hall–Kier alpha value is -0.340. The van der Waals surface area contributed by atoms with Gasteiger partial charge in [-0.1, -0.05) is 34.7 Å². The van der Waals surface area contributed by atoms with Crippen molar-refractivity contribution in [2.24, 2.45) is 0 Å². The van der Waals surface area contributed by atoms with E-state index in [-0.39, 0.29) is 0 Å². The number of benzene rings is 1. The summed E-state index contributed by atoms with van der Waals surface area (Å²) in [5.41, 5.74) is 6.56. The summed E-state index contributed by atoms with van der Waals surface area (Å²) in [6, 6.07) is 6.58. The van der Waals surface area contributed by atoms with E-state index in [4.69, 9.17) is 5.73 Å². The number of sulfone groups is 1. The highest BCUT2D eigenvalue weighted by Gasteiger charge is 2.27. The molecule has 0 radical (unpaired) electrons. The number of anilines is 1. The van der Waals surface area contributed by atoms with Crippen LogP contribution in [-0.2, 0) is 9.84 Å². The van der Waals surface area contributed by atoms with Gasteiger partial charge < -0.3 is 10.8 Å². The highest BCUT2D eigenvalue weighted by molar-refractivity contribution is 14.1. The second kappa shape index (κ2) is 4.67. The zero-order chi connectivity index (χ0) is 11.6. The molecule has 1 rings (SSSR count). The number of halogens is 1. The molecule has 1 aromatic rings. The molecule has 15 heavy (non-hydrogen) atoms. The second-order valence-corrected chi connectivity index (χ2v) is 7.65. The van der Waals surface area contributed by atoms with E-state index in [0.29, 0.717) is 11.3 Å². The lowest BCUT2D eigenvalue weighted by atomic mass is 10.1. The van der Waals surface area contributed by atoms with Crippen LogP contribution < -0.4 is 5.73 Å². The molecule has 0 unspecified atom stereocenters. The quantitative estimate of drug-likeness (QED) is 0.490. The van der Waals surface area contributed by atoms with Crippen molar-refractivity contribution in [3.8, 4) is 0 Å². The molecule has 6 heteroatoms. The van der Waals surface area contributed by atoms with Gasteiger partial charge in [-0.05, 0) is 17.7 Å². The van der Waals surface area contributed by atoms with Crippen LogP contribution in [-0.4, -0.2) is 23.0 Å². The number of nitrogens with two attached hydrogens (primary N) is 1. The third kappa shape index (κ3) is 3.32. The molecule has 0 saturated carbocycles. The van der Waals surface area contributed by atoms with Crippen LogP contribution >= 0.6 is 22.6 Å². The van der Waals surface area contributed by atoms with Crippen molar-refractivity contribution in [1.29, 1.82) is 0 Å². The molecule has 0 spiro atoms. The van der Waals surface area contributed by atoms with Gasteiger partial charge in [0.25, 0.3) is 0 Å². The van der Waals surface area contributed by atoms with Crippen LogP contribution in [0, 0.1) is 0 Å². The molecular weight excluding hydrogens is 329 g/mol. The van der Waals surface area contributed by atoms with Crippen LogP contribution in [0.15, 0.2) is 24.3 Å². The summed E-state index contributed by atoms with van der Waals surface area (Å²) < 4.78 is 21.6. The lowest BCUT2D eigenvalue weighted by Crippen LogP contribution is -2.21. The van der Waals surface area contributed by atoms with Gasteiger partial charge in [0, 0.05) is 11.9 Å². The zero-order valence-electron chi connectivity index (χ0n) is 8.09. The summed E-state index contributed by atoms with van der Waals surface area (Å²) in [5.74, 6) is 0. The Labute approximate surface area is 103 Å². The molecule has 0 aromatic heterocycles. The number of aliphatic hydroxyl groups is 1. The van der Waals surface area contributed by atoms with Gasteiger partial charge in [0.05, 0.1) is 0 Å². The predicted octanol–water partition coefficient (Wildman–Crippen LogP) is 1.11. The van der Waals surface area contributed by atoms with Gasteiger partial charge in [-0.15, -0.1) is 0 Å². The summed E-state index contributed by atoms with van der Waals surface area (Å²) >= 11 is 1.71. The topological polar surface area (TPSA) is 80.4 Å². The lowest BCUT2D eigenvalue weighted by molar-refractivity contribution is 0.197. The Balaban J connectivity index is 3.00. The molecule has 0 aliphatic carbocycles. The molecule has 0 bridgehead atoms. The fourth-order valence-electron chi connectivity index (χ4n) is 1.13. The van der Waals surface area contributed by atoms with Gasteiger partial charge in [-0.25, -0.2) is 8.42 Å². The summed E-state index contributed by atoms with van der Waals surface area (Å²) in [5, 5.41) is 9.81. The monoisotopic (exact) mass is 341 g/mol. The number of rotatable bonds is 3. The molecule has 1 aromatic carbocycles. The fraction of sp³-hybridized carbons (Fsp3) is 0.333. The normalized spacial score (nSPS) is 15.9. The van der Waals surface area contributed by atoms with Crippen LogP contribution in [0.5, 0.6) is 0 Å². The lowest BCUT2D eigenvalue weighted by Gasteiger charge is -2.16. The Kier molecular flexibility index (Phi) is 3.96. The van der Waals surface area contributed by atoms with E-state index in [1.54, 1.807) is 46.9 Å². The van der Waals surface area contributed by atoms with Gasteiger partial charge in [0.2, 0.25) is 0 Å². The molecule has 3 N–H and O–H groups in total. The number of nitrogen functional groups attached to an aromatic ring is 1. The number of hydrogen-bond donors (Lipinski definition) is 2. The van der Waals surface area contributed by atoms with Crippen molar-refractivity contribution in [2.75, 3.05) is 12.0 Å². The minimum absolute atomic E-state index is 0.503. The third-order valence-electron chi connectivity index (χ3n) is 1.91. The van der Waals surface area contributed by atoms with Crippen molar-refractivity contribution >= 4 is 38.1 Å². The van der Waals surface area contributed by atoms with Gasteiger partial charge in [-0.3, -0.25) is 0 Å². The molecule has 0 amide bonds. The Morgan fingerprint density at radius 2 is 2.07 bits per heavy atom. The maximum Gasteiger partial charge on any atom is 0.162 e. The third-order valence-corrected chi connectivity index (χ3v) is 6.44. The van der Waals surface area contributed by atoms with Gasteiger partial charge >= 0.3 is 0 Å². The first-order valence-corrected chi connectivity index (χ1v) is 7.39. The van der Waals surface area contributed by atoms with E-state index < -0.39 is 19.2 Å². The summed E-state index contributed by atoms with van der Waals surface area (Å²) in [4.78, 5) is 0. The Morgan fingerprint density at radius 3 is 2.53 bits per heavy atom. The first-order valence-electron chi connectivity index (χ1n) is 4.19. The molecule has 0 heterocycles. The average molecular weight is 341 g/mol. The van der Waals surface area contributed by atoms with E-state index in [0.717, 1.165) is 6.26 Å². The second-order valence-electron chi connectivity index (χ2n) is 3.30. The van der Waals surface area contributed by atoms with E-state index >= 15 is 0 Å². The van der Waals surface area contributed by atoms with Gasteiger partial charge in [0.1, 0.15) is 9.36 Å². The number of aliphatic hydroxyl groups excluding tert-OH is 1. The number of hydrogen-bond acceptors (Lipinski definition) is 4. The molecule has 0 fully saturated rings. The van der Waals surface area contributed by atoms with Gasteiger partial charge in [-0.2, -0.15) is 0 Å². The van der Waals surface area contributed by atoms with E-state index in [1.165, 1.54) is 0 Å². The molecular formula is C9H12INO3S. The van der Waals surface area contributed by atoms with Crippen molar-refractivity contribution in [3.05, 3.63) is 29.8 Å². The number of alkyl halides is 1. The zero-order valence-corrected chi connectivity index (χ0v) is 11.1. The highest BCUT2D eigenvalue weighted by atomic mass is 127. The minimum atomic E-state index is -3.27. The van der Waals surface area contributed by atoms with E-state index in [9.17, 15) is 13.5 Å². The average Bonchev–Trinajstić information content (AvgIpc) is 2.14. The van der Waals surface area contributed by atoms with E-state index in [1.807, 2.05) is 0 Å². The smallest absolute Gasteiger partial charge is 0.162 e. The molecule has 0 aliphatic heterocycles.